The molecule has 3 rings (SSSR count). The molecule has 0 aliphatic heterocycles. The van der Waals surface area contributed by atoms with Crippen molar-refractivity contribution >= 4 is 0 Å². The second kappa shape index (κ2) is 4.05. The molecule has 1 heterocycles. The summed E-state index contributed by atoms with van der Waals surface area (Å²) in [6.07, 6.45) is 0.506. The van der Waals surface area contributed by atoms with Crippen LogP contribution in [-0.4, -0.2) is 9.97 Å². The molecule has 0 radical (unpaired) electrons. The maximum atomic E-state index is 12.7. The molecule has 0 atom stereocenters. The fourth-order valence-electron chi connectivity index (χ4n) is 2.31. The number of benzene rings is 1. The van der Waals surface area contributed by atoms with E-state index in [1.807, 2.05) is 0 Å². The molecule has 0 amide bonds. The highest BCUT2D eigenvalue weighted by atomic mass is 19.4. The summed E-state index contributed by atoms with van der Waals surface area (Å²) in [5.74, 6) is 0.606. The minimum atomic E-state index is -4.32. The zero-order chi connectivity index (χ0) is 13.5. The molecule has 19 heavy (non-hydrogen) atoms. The smallest absolute Gasteiger partial charge is 0.240 e. The lowest BCUT2D eigenvalue weighted by Crippen LogP contribution is -2.14. The molecule has 1 aromatic heterocycles. The zero-order valence-corrected chi connectivity index (χ0v) is 9.98. The Bertz CT molecular complexity index is 589. The molecule has 0 spiro atoms. The van der Waals surface area contributed by atoms with Gasteiger partial charge in [-0.1, -0.05) is 18.2 Å². The quantitative estimate of drug-likeness (QED) is 0.828. The predicted octanol–water partition coefficient (Wildman–Crippen LogP) is 3.58. The van der Waals surface area contributed by atoms with Gasteiger partial charge in [-0.2, -0.15) is 13.2 Å². The van der Waals surface area contributed by atoms with Crippen molar-refractivity contribution in [3.05, 3.63) is 59.7 Å². The van der Waals surface area contributed by atoms with Crippen LogP contribution in [0.15, 0.2) is 42.7 Å². The van der Waals surface area contributed by atoms with Crippen molar-refractivity contribution in [2.24, 2.45) is 0 Å². The van der Waals surface area contributed by atoms with Crippen molar-refractivity contribution in [3.8, 4) is 0 Å². The van der Waals surface area contributed by atoms with Crippen LogP contribution in [0.1, 0.15) is 29.8 Å². The third-order valence-electron chi connectivity index (χ3n) is 3.49. The summed E-state index contributed by atoms with van der Waals surface area (Å²) in [7, 11) is 0. The first-order valence-corrected chi connectivity index (χ1v) is 5.98. The van der Waals surface area contributed by atoms with Crippen molar-refractivity contribution in [2.75, 3.05) is 0 Å². The molecule has 1 aliphatic rings. The Hall–Kier alpha value is -1.91. The topological polar surface area (TPSA) is 25.8 Å². The van der Waals surface area contributed by atoms with Crippen LogP contribution in [0.3, 0.4) is 0 Å². The maximum absolute atomic E-state index is 12.7. The first-order valence-electron chi connectivity index (χ1n) is 5.98. The third kappa shape index (κ3) is 2.09. The maximum Gasteiger partial charge on any atom is 0.416 e. The van der Waals surface area contributed by atoms with Gasteiger partial charge in [-0.05, 0) is 30.5 Å². The highest BCUT2D eigenvalue weighted by molar-refractivity contribution is 5.41. The average molecular weight is 264 g/mol. The van der Waals surface area contributed by atoms with Crippen LogP contribution in [0, 0.1) is 0 Å². The number of hydrogen-bond acceptors (Lipinski definition) is 2. The van der Waals surface area contributed by atoms with E-state index in [0.29, 0.717) is 11.4 Å². The molecule has 1 fully saturated rings. The highest BCUT2D eigenvalue weighted by Crippen LogP contribution is 2.52. The van der Waals surface area contributed by atoms with E-state index in [1.54, 1.807) is 24.5 Å². The van der Waals surface area contributed by atoms with E-state index in [9.17, 15) is 13.2 Å². The van der Waals surface area contributed by atoms with Crippen LogP contribution >= 0.6 is 0 Å². The van der Waals surface area contributed by atoms with Crippen molar-refractivity contribution in [2.45, 2.75) is 24.4 Å². The van der Waals surface area contributed by atoms with E-state index in [-0.39, 0.29) is 0 Å². The first-order chi connectivity index (χ1) is 9.02. The SMILES string of the molecule is FC(F)(F)c1cccc(C2(c3ncccn3)CC2)c1. The number of alkyl halides is 3. The Balaban J connectivity index is 2.04. The Morgan fingerprint density at radius 2 is 1.68 bits per heavy atom. The minimum absolute atomic E-state index is 0.428. The molecule has 0 N–H and O–H groups in total. The molecule has 5 heteroatoms. The number of halogens is 3. The number of rotatable bonds is 2. The van der Waals surface area contributed by atoms with Gasteiger partial charge in [0.2, 0.25) is 0 Å². The van der Waals surface area contributed by atoms with Gasteiger partial charge in [0.15, 0.2) is 0 Å². The van der Waals surface area contributed by atoms with Gasteiger partial charge in [-0.15, -0.1) is 0 Å². The van der Waals surface area contributed by atoms with Gasteiger partial charge >= 0.3 is 6.18 Å². The normalized spacial score (nSPS) is 17.2. The fraction of sp³-hybridized carbons (Fsp3) is 0.286. The van der Waals surface area contributed by atoms with Crippen LogP contribution in [-0.2, 0) is 11.6 Å². The summed E-state index contributed by atoms with van der Waals surface area (Å²) in [5.41, 5.74) is -0.400. The highest BCUT2D eigenvalue weighted by Gasteiger charge is 2.49. The molecular formula is C14H11F3N2. The molecule has 1 aliphatic carbocycles. The first kappa shape index (κ1) is 12.1. The van der Waals surface area contributed by atoms with E-state index in [0.717, 1.165) is 18.9 Å². The Kier molecular flexibility index (Phi) is 2.59. The molecule has 98 valence electrons. The predicted molar refractivity (Wildman–Crippen MR) is 63.5 cm³/mol. The van der Waals surface area contributed by atoms with E-state index >= 15 is 0 Å². The van der Waals surface area contributed by atoms with E-state index in [2.05, 4.69) is 9.97 Å². The summed E-state index contributed by atoms with van der Waals surface area (Å²) in [5, 5.41) is 0. The lowest BCUT2D eigenvalue weighted by atomic mass is 9.93. The molecule has 0 saturated heterocycles. The monoisotopic (exact) mass is 264 g/mol. The fourth-order valence-corrected chi connectivity index (χ4v) is 2.31. The number of nitrogens with zero attached hydrogens (tertiary/aromatic N) is 2. The number of hydrogen-bond donors (Lipinski definition) is 0. The second-order valence-corrected chi connectivity index (χ2v) is 4.73. The minimum Gasteiger partial charge on any atom is -0.240 e. The van der Waals surface area contributed by atoms with Crippen LogP contribution in [0.2, 0.25) is 0 Å². The number of aromatic nitrogens is 2. The molecule has 1 aromatic carbocycles. The van der Waals surface area contributed by atoms with E-state index in [1.165, 1.54) is 12.1 Å². The van der Waals surface area contributed by atoms with Crippen molar-refractivity contribution in [1.82, 2.24) is 9.97 Å². The lowest BCUT2D eigenvalue weighted by Gasteiger charge is -2.16. The van der Waals surface area contributed by atoms with Crippen molar-refractivity contribution in [3.63, 3.8) is 0 Å². The molecule has 1 saturated carbocycles. The van der Waals surface area contributed by atoms with Crippen LogP contribution in [0.5, 0.6) is 0 Å². The Morgan fingerprint density at radius 3 is 2.26 bits per heavy atom. The summed E-state index contributed by atoms with van der Waals surface area (Å²) in [6.45, 7) is 0. The molecule has 0 bridgehead atoms. The standard InChI is InChI=1S/C14H11F3N2/c15-14(16,17)11-4-1-3-10(9-11)13(5-6-13)12-18-7-2-8-19-12/h1-4,7-9H,5-6H2. The lowest BCUT2D eigenvalue weighted by molar-refractivity contribution is -0.137. The Morgan fingerprint density at radius 1 is 1.00 bits per heavy atom. The summed E-state index contributed by atoms with van der Waals surface area (Å²) in [4.78, 5) is 8.38. The van der Waals surface area contributed by atoms with Gasteiger partial charge in [0, 0.05) is 12.4 Å². The van der Waals surface area contributed by atoms with Gasteiger partial charge in [0.25, 0.3) is 0 Å². The molecule has 0 unspecified atom stereocenters. The van der Waals surface area contributed by atoms with Gasteiger partial charge in [0.1, 0.15) is 5.82 Å². The van der Waals surface area contributed by atoms with Crippen LogP contribution in [0.25, 0.3) is 0 Å². The Labute approximate surface area is 108 Å². The van der Waals surface area contributed by atoms with Crippen LogP contribution in [0.4, 0.5) is 13.2 Å². The largest absolute Gasteiger partial charge is 0.416 e. The van der Waals surface area contributed by atoms with Gasteiger partial charge in [-0.3, -0.25) is 0 Å². The van der Waals surface area contributed by atoms with E-state index < -0.39 is 17.2 Å². The molecule has 2 nitrogen and oxygen atoms in total. The molecular weight excluding hydrogens is 253 g/mol. The zero-order valence-electron chi connectivity index (χ0n) is 9.98. The molecule has 2 aromatic rings. The summed E-state index contributed by atoms with van der Waals surface area (Å²) < 4.78 is 38.2. The van der Waals surface area contributed by atoms with Gasteiger partial charge in [0.05, 0.1) is 11.0 Å². The van der Waals surface area contributed by atoms with Crippen molar-refractivity contribution in [1.29, 1.82) is 0 Å². The van der Waals surface area contributed by atoms with Crippen LogP contribution < -0.4 is 0 Å². The average Bonchev–Trinajstić information content (AvgIpc) is 3.21. The van der Waals surface area contributed by atoms with Gasteiger partial charge < -0.3 is 0 Å². The summed E-state index contributed by atoms with van der Waals surface area (Å²) in [6, 6.07) is 7.17. The van der Waals surface area contributed by atoms with Crippen molar-refractivity contribution < 1.29 is 13.2 Å². The third-order valence-corrected chi connectivity index (χ3v) is 3.49. The summed E-state index contributed by atoms with van der Waals surface area (Å²) >= 11 is 0. The second-order valence-electron chi connectivity index (χ2n) is 4.73. The van der Waals surface area contributed by atoms with E-state index in [4.69, 9.17) is 0 Å². The van der Waals surface area contributed by atoms with Gasteiger partial charge in [-0.25, -0.2) is 9.97 Å².